The van der Waals surface area contributed by atoms with Crippen LogP contribution in [0.1, 0.15) is 17.5 Å². The minimum absolute atomic E-state index is 0.0921. The van der Waals surface area contributed by atoms with Crippen LogP contribution in [0.5, 0.6) is 0 Å². The van der Waals surface area contributed by atoms with E-state index in [2.05, 4.69) is 5.43 Å². The van der Waals surface area contributed by atoms with Gasteiger partial charge in [0.15, 0.2) is 0 Å². The number of halogens is 3. The highest BCUT2D eigenvalue weighted by molar-refractivity contribution is 5.77. The molecular formula is C13H15F3N2O. The molecule has 1 atom stereocenters. The Hall–Kier alpha value is -1.56. The lowest BCUT2D eigenvalue weighted by molar-refractivity contribution is -0.187. The van der Waals surface area contributed by atoms with Crippen molar-refractivity contribution in [3.63, 3.8) is 0 Å². The molecule has 19 heavy (non-hydrogen) atoms. The van der Waals surface area contributed by atoms with Crippen LogP contribution in [-0.4, -0.2) is 29.7 Å². The SMILES string of the molecule is Cc1ccc(CC(N2CCC(=O)N2)C(F)(F)F)cc1. The lowest BCUT2D eigenvalue weighted by Gasteiger charge is -2.29. The van der Waals surface area contributed by atoms with Gasteiger partial charge in [-0.25, -0.2) is 5.01 Å². The molecule has 1 aromatic rings. The lowest BCUT2D eigenvalue weighted by Crippen LogP contribution is -2.51. The third kappa shape index (κ3) is 3.47. The van der Waals surface area contributed by atoms with Gasteiger partial charge in [-0.3, -0.25) is 10.2 Å². The Bertz CT molecular complexity index is 456. The molecule has 3 nitrogen and oxygen atoms in total. The monoisotopic (exact) mass is 272 g/mol. The molecule has 104 valence electrons. The summed E-state index contributed by atoms with van der Waals surface area (Å²) in [6, 6.07) is 5.26. The molecule has 1 aliphatic heterocycles. The van der Waals surface area contributed by atoms with Crippen LogP contribution in [0.2, 0.25) is 0 Å². The van der Waals surface area contributed by atoms with E-state index in [1.807, 2.05) is 6.92 Å². The van der Waals surface area contributed by atoms with E-state index in [9.17, 15) is 18.0 Å². The van der Waals surface area contributed by atoms with Crippen molar-refractivity contribution < 1.29 is 18.0 Å². The summed E-state index contributed by atoms with van der Waals surface area (Å²) in [5, 5.41) is 0.988. The van der Waals surface area contributed by atoms with E-state index >= 15 is 0 Å². The van der Waals surface area contributed by atoms with Gasteiger partial charge in [-0.1, -0.05) is 29.8 Å². The lowest BCUT2D eigenvalue weighted by atomic mass is 10.0. The Balaban J connectivity index is 2.14. The summed E-state index contributed by atoms with van der Waals surface area (Å²) >= 11 is 0. The summed E-state index contributed by atoms with van der Waals surface area (Å²) in [6.45, 7) is 1.97. The number of carbonyl (C=O) groups is 1. The molecule has 0 aliphatic carbocycles. The highest BCUT2D eigenvalue weighted by Crippen LogP contribution is 2.28. The van der Waals surface area contributed by atoms with Crippen LogP contribution in [0.15, 0.2) is 24.3 Å². The van der Waals surface area contributed by atoms with Crippen molar-refractivity contribution >= 4 is 5.91 Å². The molecule has 0 spiro atoms. The van der Waals surface area contributed by atoms with Crippen molar-refractivity contribution in [2.45, 2.75) is 32.0 Å². The maximum Gasteiger partial charge on any atom is 0.406 e. The zero-order chi connectivity index (χ0) is 14.0. The number of nitrogens with zero attached hydrogens (tertiary/aromatic N) is 1. The third-order valence-corrected chi connectivity index (χ3v) is 3.15. The summed E-state index contributed by atoms with van der Waals surface area (Å²) in [7, 11) is 0. The fourth-order valence-electron chi connectivity index (χ4n) is 2.08. The van der Waals surface area contributed by atoms with Gasteiger partial charge in [0.2, 0.25) is 5.91 Å². The zero-order valence-electron chi connectivity index (χ0n) is 10.5. The van der Waals surface area contributed by atoms with E-state index in [0.29, 0.717) is 5.56 Å². The first kappa shape index (κ1) is 13.9. The van der Waals surface area contributed by atoms with Crippen molar-refractivity contribution in [1.82, 2.24) is 10.4 Å². The normalized spacial score (nSPS) is 18.4. The molecule has 0 radical (unpaired) electrons. The summed E-state index contributed by atoms with van der Waals surface area (Å²) in [4.78, 5) is 11.1. The highest BCUT2D eigenvalue weighted by Gasteiger charge is 2.45. The predicted molar refractivity (Wildman–Crippen MR) is 64.2 cm³/mol. The zero-order valence-corrected chi connectivity index (χ0v) is 10.5. The number of hydrogen-bond donors (Lipinski definition) is 1. The number of hydrazine groups is 1. The number of hydrogen-bond acceptors (Lipinski definition) is 2. The van der Waals surface area contributed by atoms with Crippen molar-refractivity contribution in [1.29, 1.82) is 0 Å². The van der Waals surface area contributed by atoms with Gasteiger partial charge >= 0.3 is 6.18 Å². The molecule has 6 heteroatoms. The number of rotatable bonds is 3. The minimum atomic E-state index is -4.37. The topological polar surface area (TPSA) is 32.3 Å². The van der Waals surface area contributed by atoms with Crippen molar-refractivity contribution in [2.75, 3.05) is 6.54 Å². The quantitative estimate of drug-likeness (QED) is 0.915. The van der Waals surface area contributed by atoms with Gasteiger partial charge in [-0.15, -0.1) is 0 Å². The number of amides is 1. The van der Waals surface area contributed by atoms with Gasteiger partial charge in [0.1, 0.15) is 6.04 Å². The van der Waals surface area contributed by atoms with E-state index < -0.39 is 12.2 Å². The number of nitrogens with one attached hydrogen (secondary N) is 1. The molecule has 0 bridgehead atoms. The second-order valence-electron chi connectivity index (χ2n) is 4.73. The molecule has 0 aromatic heterocycles. The molecule has 1 unspecified atom stereocenters. The average molecular weight is 272 g/mol. The van der Waals surface area contributed by atoms with Crippen LogP contribution in [0.3, 0.4) is 0 Å². The van der Waals surface area contributed by atoms with E-state index in [1.165, 1.54) is 0 Å². The standard InChI is InChI=1S/C13H15F3N2O/c1-9-2-4-10(5-3-9)8-11(13(14,15)16)18-7-6-12(19)17-18/h2-5,11H,6-8H2,1H3,(H,17,19). The molecule has 1 aromatic carbocycles. The van der Waals surface area contributed by atoms with E-state index in [-0.39, 0.29) is 25.3 Å². The van der Waals surface area contributed by atoms with Crippen molar-refractivity contribution in [3.05, 3.63) is 35.4 Å². The summed E-state index contributed by atoms with van der Waals surface area (Å²) in [6.07, 6.45) is -4.42. The number of carbonyl (C=O) groups excluding carboxylic acids is 1. The first-order chi connectivity index (χ1) is 8.86. The maximum absolute atomic E-state index is 13.1. The Morgan fingerprint density at radius 3 is 2.42 bits per heavy atom. The van der Waals surface area contributed by atoms with Crippen LogP contribution in [0.4, 0.5) is 13.2 Å². The Kier molecular flexibility index (Phi) is 3.80. The van der Waals surface area contributed by atoms with Gasteiger partial charge in [0, 0.05) is 13.0 Å². The fraction of sp³-hybridized carbons (Fsp3) is 0.462. The molecule has 1 fully saturated rings. The number of alkyl halides is 3. The molecule has 1 aliphatic rings. The van der Waals surface area contributed by atoms with Gasteiger partial charge in [-0.2, -0.15) is 13.2 Å². The van der Waals surface area contributed by atoms with E-state index in [0.717, 1.165) is 10.6 Å². The first-order valence-electron chi connectivity index (χ1n) is 6.04. The molecule has 1 amide bonds. The van der Waals surface area contributed by atoms with Gasteiger partial charge in [0.25, 0.3) is 0 Å². The third-order valence-electron chi connectivity index (χ3n) is 3.15. The Labute approximate surface area is 109 Å². The van der Waals surface area contributed by atoms with E-state index in [1.54, 1.807) is 24.3 Å². The molecule has 0 saturated carbocycles. The Morgan fingerprint density at radius 1 is 1.32 bits per heavy atom. The molecule has 1 saturated heterocycles. The van der Waals surface area contributed by atoms with Crippen LogP contribution in [0, 0.1) is 6.92 Å². The van der Waals surface area contributed by atoms with Gasteiger partial charge in [0.05, 0.1) is 0 Å². The van der Waals surface area contributed by atoms with Gasteiger partial charge in [-0.05, 0) is 18.9 Å². The van der Waals surface area contributed by atoms with Gasteiger partial charge < -0.3 is 0 Å². The highest BCUT2D eigenvalue weighted by atomic mass is 19.4. The summed E-state index contributed by atoms with van der Waals surface area (Å²) < 4.78 is 39.2. The van der Waals surface area contributed by atoms with Crippen molar-refractivity contribution in [3.8, 4) is 0 Å². The number of aryl methyl sites for hydroxylation is 1. The second kappa shape index (κ2) is 5.21. The summed E-state index contributed by atoms with van der Waals surface area (Å²) in [5.74, 6) is -0.363. The van der Waals surface area contributed by atoms with Crippen molar-refractivity contribution in [2.24, 2.45) is 0 Å². The van der Waals surface area contributed by atoms with Crippen LogP contribution < -0.4 is 5.43 Å². The Morgan fingerprint density at radius 2 is 1.95 bits per heavy atom. The predicted octanol–water partition coefficient (Wildman–Crippen LogP) is 2.21. The maximum atomic E-state index is 13.1. The first-order valence-corrected chi connectivity index (χ1v) is 6.04. The molecule has 2 rings (SSSR count). The molecule has 1 heterocycles. The number of benzene rings is 1. The largest absolute Gasteiger partial charge is 0.406 e. The molecular weight excluding hydrogens is 257 g/mol. The van der Waals surface area contributed by atoms with Crippen LogP contribution in [-0.2, 0) is 11.2 Å². The van der Waals surface area contributed by atoms with Crippen LogP contribution in [0.25, 0.3) is 0 Å². The minimum Gasteiger partial charge on any atom is -0.288 e. The molecule has 1 N–H and O–H groups in total. The average Bonchev–Trinajstić information content (AvgIpc) is 2.73. The van der Waals surface area contributed by atoms with E-state index in [4.69, 9.17) is 0 Å². The fourth-order valence-corrected chi connectivity index (χ4v) is 2.08. The summed E-state index contributed by atoms with van der Waals surface area (Å²) in [5.41, 5.74) is 3.87. The second-order valence-corrected chi connectivity index (χ2v) is 4.73. The smallest absolute Gasteiger partial charge is 0.288 e. The van der Waals surface area contributed by atoms with Crippen LogP contribution >= 0.6 is 0 Å².